The van der Waals surface area contributed by atoms with Crippen molar-refractivity contribution < 1.29 is 19.1 Å². The molecular formula is C19H20N2O4. The number of nitrogens with one attached hydrogen (secondary N) is 2. The van der Waals surface area contributed by atoms with Crippen LogP contribution in [0.15, 0.2) is 48.5 Å². The van der Waals surface area contributed by atoms with E-state index in [1.165, 1.54) is 0 Å². The van der Waals surface area contributed by atoms with Crippen LogP contribution in [0, 0.1) is 0 Å². The zero-order chi connectivity index (χ0) is 17.6. The van der Waals surface area contributed by atoms with Gasteiger partial charge in [0, 0.05) is 18.2 Å². The van der Waals surface area contributed by atoms with Gasteiger partial charge in [0.2, 0.25) is 11.8 Å². The molecule has 1 unspecified atom stereocenters. The molecule has 0 radical (unpaired) electrons. The van der Waals surface area contributed by atoms with Crippen molar-refractivity contribution in [1.82, 2.24) is 5.32 Å². The summed E-state index contributed by atoms with van der Waals surface area (Å²) in [4.78, 5) is 24.1. The van der Waals surface area contributed by atoms with E-state index in [4.69, 9.17) is 9.47 Å². The first kappa shape index (κ1) is 16.8. The molecule has 0 saturated heterocycles. The number of rotatable bonds is 7. The zero-order valence-corrected chi connectivity index (χ0v) is 14.0. The molecule has 0 fully saturated rings. The van der Waals surface area contributed by atoms with Gasteiger partial charge in [0.05, 0.1) is 19.6 Å². The third-order valence-corrected chi connectivity index (χ3v) is 4.03. The highest BCUT2D eigenvalue weighted by Gasteiger charge is 2.31. The lowest BCUT2D eigenvalue weighted by atomic mass is 9.97. The second kappa shape index (κ2) is 7.70. The number of hydrogen-bond acceptors (Lipinski definition) is 4. The topological polar surface area (TPSA) is 76.7 Å². The molecular weight excluding hydrogens is 320 g/mol. The molecule has 2 amide bonds. The maximum absolute atomic E-state index is 12.1. The predicted octanol–water partition coefficient (Wildman–Crippen LogP) is 2.32. The minimum Gasteiger partial charge on any atom is -0.497 e. The Morgan fingerprint density at radius 1 is 1.16 bits per heavy atom. The molecule has 6 heteroatoms. The fraction of sp³-hybridized carbons (Fsp3) is 0.263. The van der Waals surface area contributed by atoms with Gasteiger partial charge in [-0.3, -0.25) is 9.59 Å². The zero-order valence-electron chi connectivity index (χ0n) is 14.0. The number of amides is 2. The average Bonchev–Trinajstić information content (AvgIpc) is 2.94. The van der Waals surface area contributed by atoms with Crippen LogP contribution in [0.1, 0.15) is 17.9 Å². The van der Waals surface area contributed by atoms with Crippen LogP contribution in [0.4, 0.5) is 5.69 Å². The highest BCUT2D eigenvalue weighted by Crippen LogP contribution is 2.34. The van der Waals surface area contributed by atoms with Gasteiger partial charge in [0.25, 0.3) is 0 Å². The summed E-state index contributed by atoms with van der Waals surface area (Å²) >= 11 is 0. The van der Waals surface area contributed by atoms with Gasteiger partial charge < -0.3 is 20.1 Å². The molecule has 0 aliphatic carbocycles. The van der Waals surface area contributed by atoms with E-state index in [0.29, 0.717) is 24.7 Å². The van der Waals surface area contributed by atoms with Crippen molar-refractivity contribution in [2.75, 3.05) is 25.6 Å². The number of carbonyl (C=O) groups excluding carboxylic acids is 2. The summed E-state index contributed by atoms with van der Waals surface area (Å²) in [5, 5.41) is 5.58. The van der Waals surface area contributed by atoms with Gasteiger partial charge in [-0.05, 0) is 23.8 Å². The molecule has 0 spiro atoms. The second-order valence-electron chi connectivity index (χ2n) is 5.71. The van der Waals surface area contributed by atoms with Crippen molar-refractivity contribution in [3.8, 4) is 11.5 Å². The molecule has 1 aliphatic heterocycles. The number of methoxy groups -OCH3 is 1. The summed E-state index contributed by atoms with van der Waals surface area (Å²) in [6.07, 6.45) is 0.127. The minimum atomic E-state index is -0.435. The van der Waals surface area contributed by atoms with Crippen LogP contribution in [-0.2, 0) is 9.59 Å². The Hall–Kier alpha value is -3.02. The van der Waals surface area contributed by atoms with Crippen molar-refractivity contribution in [3.63, 3.8) is 0 Å². The summed E-state index contributed by atoms with van der Waals surface area (Å²) in [6.45, 7) is 0.707. The minimum absolute atomic E-state index is 0.127. The summed E-state index contributed by atoms with van der Waals surface area (Å²) in [5.41, 5.74) is 1.65. The van der Waals surface area contributed by atoms with Gasteiger partial charge in [-0.2, -0.15) is 0 Å². The number of hydrogen-bond donors (Lipinski definition) is 2. The number of para-hydroxylation sites is 1. The largest absolute Gasteiger partial charge is 0.497 e. The quantitative estimate of drug-likeness (QED) is 0.759. The fourth-order valence-corrected chi connectivity index (χ4v) is 2.79. The number of benzene rings is 2. The van der Waals surface area contributed by atoms with E-state index in [1.807, 2.05) is 42.5 Å². The first-order chi connectivity index (χ1) is 12.2. The van der Waals surface area contributed by atoms with Crippen LogP contribution in [0.5, 0.6) is 11.5 Å². The normalized spacial score (nSPS) is 15.2. The maximum Gasteiger partial charge on any atom is 0.232 e. The number of carbonyl (C=O) groups is 2. The SMILES string of the molecule is COc1cccc(OCCNC(=O)CC2C(=O)Nc3ccccc32)c1. The van der Waals surface area contributed by atoms with Crippen molar-refractivity contribution >= 4 is 17.5 Å². The van der Waals surface area contributed by atoms with E-state index in [1.54, 1.807) is 13.2 Å². The predicted molar refractivity (Wildman–Crippen MR) is 93.9 cm³/mol. The Labute approximate surface area is 146 Å². The molecule has 1 aliphatic rings. The molecule has 2 aromatic carbocycles. The van der Waals surface area contributed by atoms with Gasteiger partial charge in [0.15, 0.2) is 0 Å². The van der Waals surface area contributed by atoms with Crippen molar-refractivity contribution in [3.05, 3.63) is 54.1 Å². The van der Waals surface area contributed by atoms with Crippen LogP contribution >= 0.6 is 0 Å². The van der Waals surface area contributed by atoms with E-state index in [9.17, 15) is 9.59 Å². The Morgan fingerprint density at radius 2 is 1.96 bits per heavy atom. The third-order valence-electron chi connectivity index (χ3n) is 4.03. The monoisotopic (exact) mass is 340 g/mol. The Kier molecular flexibility index (Phi) is 5.18. The number of ether oxygens (including phenoxy) is 2. The van der Waals surface area contributed by atoms with Crippen LogP contribution in [0.3, 0.4) is 0 Å². The Bertz CT molecular complexity index is 776. The van der Waals surface area contributed by atoms with Gasteiger partial charge >= 0.3 is 0 Å². The van der Waals surface area contributed by atoms with Crippen LogP contribution in [-0.4, -0.2) is 32.1 Å². The van der Waals surface area contributed by atoms with E-state index in [0.717, 1.165) is 11.3 Å². The molecule has 130 valence electrons. The van der Waals surface area contributed by atoms with Gasteiger partial charge in [0.1, 0.15) is 18.1 Å². The summed E-state index contributed by atoms with van der Waals surface area (Å²) in [6, 6.07) is 14.7. The van der Waals surface area contributed by atoms with E-state index >= 15 is 0 Å². The molecule has 2 N–H and O–H groups in total. The lowest BCUT2D eigenvalue weighted by molar-refractivity contribution is -0.125. The van der Waals surface area contributed by atoms with Crippen LogP contribution in [0.25, 0.3) is 0 Å². The first-order valence-electron chi connectivity index (χ1n) is 8.10. The van der Waals surface area contributed by atoms with Crippen LogP contribution in [0.2, 0.25) is 0 Å². The second-order valence-corrected chi connectivity index (χ2v) is 5.71. The molecule has 1 atom stereocenters. The maximum atomic E-state index is 12.1. The van der Waals surface area contributed by atoms with Crippen molar-refractivity contribution in [2.24, 2.45) is 0 Å². The van der Waals surface area contributed by atoms with E-state index in [-0.39, 0.29) is 18.2 Å². The molecule has 0 bridgehead atoms. The van der Waals surface area contributed by atoms with Gasteiger partial charge in [-0.1, -0.05) is 24.3 Å². The highest BCUT2D eigenvalue weighted by molar-refractivity contribution is 6.04. The Balaban J connectivity index is 1.45. The molecule has 0 saturated carbocycles. The van der Waals surface area contributed by atoms with E-state index < -0.39 is 5.92 Å². The standard InChI is InChI=1S/C19H20N2O4/c1-24-13-5-4-6-14(11-13)25-10-9-20-18(22)12-16-15-7-2-3-8-17(15)21-19(16)23/h2-8,11,16H,9-10,12H2,1H3,(H,20,22)(H,21,23). The van der Waals surface area contributed by atoms with Crippen molar-refractivity contribution in [1.29, 1.82) is 0 Å². The molecule has 0 aromatic heterocycles. The molecule has 3 rings (SSSR count). The molecule has 6 nitrogen and oxygen atoms in total. The first-order valence-corrected chi connectivity index (χ1v) is 8.10. The number of anilines is 1. The lowest BCUT2D eigenvalue weighted by Crippen LogP contribution is -2.30. The van der Waals surface area contributed by atoms with Crippen LogP contribution < -0.4 is 20.1 Å². The molecule has 1 heterocycles. The lowest BCUT2D eigenvalue weighted by Gasteiger charge is -2.11. The smallest absolute Gasteiger partial charge is 0.232 e. The summed E-state index contributed by atoms with van der Waals surface area (Å²) < 4.78 is 10.7. The third kappa shape index (κ3) is 4.09. The summed E-state index contributed by atoms with van der Waals surface area (Å²) in [7, 11) is 1.59. The highest BCUT2D eigenvalue weighted by atomic mass is 16.5. The van der Waals surface area contributed by atoms with Crippen molar-refractivity contribution in [2.45, 2.75) is 12.3 Å². The molecule has 25 heavy (non-hydrogen) atoms. The fourth-order valence-electron chi connectivity index (χ4n) is 2.79. The van der Waals surface area contributed by atoms with Gasteiger partial charge in [-0.15, -0.1) is 0 Å². The summed E-state index contributed by atoms with van der Waals surface area (Å²) in [5.74, 6) is 0.649. The average molecular weight is 340 g/mol. The Morgan fingerprint density at radius 3 is 2.80 bits per heavy atom. The van der Waals surface area contributed by atoms with Gasteiger partial charge in [-0.25, -0.2) is 0 Å². The molecule has 2 aromatic rings. The van der Waals surface area contributed by atoms with E-state index in [2.05, 4.69) is 10.6 Å². The number of fused-ring (bicyclic) bond motifs is 1.